The van der Waals surface area contributed by atoms with Crippen molar-refractivity contribution in [1.82, 2.24) is 4.90 Å². The summed E-state index contributed by atoms with van der Waals surface area (Å²) in [5, 5.41) is 9.66. The van der Waals surface area contributed by atoms with Gasteiger partial charge in [-0.25, -0.2) is 0 Å². The third-order valence-corrected chi connectivity index (χ3v) is 5.53. The van der Waals surface area contributed by atoms with E-state index in [1.54, 1.807) is 0 Å². The molecule has 1 aromatic rings. The van der Waals surface area contributed by atoms with Crippen molar-refractivity contribution < 1.29 is 9.84 Å². The summed E-state index contributed by atoms with van der Waals surface area (Å²) in [6.45, 7) is 9.52. The molecule has 3 nitrogen and oxygen atoms in total. The van der Waals surface area contributed by atoms with E-state index in [1.165, 1.54) is 55.5 Å². The lowest BCUT2D eigenvalue weighted by Gasteiger charge is -2.44. The summed E-state index contributed by atoms with van der Waals surface area (Å²) in [5.74, 6) is 0.383. The highest BCUT2D eigenvalue weighted by Crippen LogP contribution is 2.41. The molecule has 0 atom stereocenters. The van der Waals surface area contributed by atoms with Crippen LogP contribution in [0.15, 0.2) is 12.1 Å². The standard InChI is InChI=1S/C18H27NO2/c1-14-11-16(20)12-15(2)17(14)13-19-7-3-18(4-8-19)5-9-21-10-6-18/h11-12,20H,3-10,13H2,1-2H3. The molecule has 2 aliphatic rings. The predicted octanol–water partition coefficient (Wildman–Crippen LogP) is 3.40. The van der Waals surface area contributed by atoms with Crippen LogP contribution in [0.5, 0.6) is 5.75 Å². The molecule has 0 radical (unpaired) electrons. The number of phenols is 1. The van der Waals surface area contributed by atoms with Crippen molar-refractivity contribution in [3.05, 3.63) is 28.8 Å². The molecule has 2 fully saturated rings. The molecule has 0 bridgehead atoms. The van der Waals surface area contributed by atoms with Gasteiger partial charge in [0.05, 0.1) is 0 Å². The minimum atomic E-state index is 0.383. The van der Waals surface area contributed by atoms with Gasteiger partial charge in [0.1, 0.15) is 5.75 Å². The van der Waals surface area contributed by atoms with Crippen molar-refractivity contribution in [1.29, 1.82) is 0 Å². The first-order valence-corrected chi connectivity index (χ1v) is 8.17. The number of aromatic hydroxyl groups is 1. The first-order valence-electron chi connectivity index (χ1n) is 8.17. The van der Waals surface area contributed by atoms with Gasteiger partial charge in [-0.05, 0) is 86.9 Å². The topological polar surface area (TPSA) is 32.7 Å². The van der Waals surface area contributed by atoms with Gasteiger partial charge < -0.3 is 9.84 Å². The molecular formula is C18H27NO2. The minimum absolute atomic E-state index is 0.383. The fourth-order valence-electron chi connectivity index (χ4n) is 3.93. The average molecular weight is 289 g/mol. The number of ether oxygens (including phenoxy) is 1. The Balaban J connectivity index is 1.63. The van der Waals surface area contributed by atoms with E-state index in [0.29, 0.717) is 11.2 Å². The highest BCUT2D eigenvalue weighted by Gasteiger charge is 2.35. The van der Waals surface area contributed by atoms with Crippen LogP contribution < -0.4 is 0 Å². The first kappa shape index (κ1) is 14.9. The Labute approximate surface area is 127 Å². The molecule has 1 spiro atoms. The summed E-state index contributed by atoms with van der Waals surface area (Å²) in [6, 6.07) is 3.76. The Kier molecular flexibility index (Phi) is 4.23. The number of rotatable bonds is 2. The van der Waals surface area contributed by atoms with Gasteiger partial charge in [0.15, 0.2) is 0 Å². The van der Waals surface area contributed by atoms with Crippen LogP contribution >= 0.6 is 0 Å². The van der Waals surface area contributed by atoms with Crippen LogP contribution in [-0.4, -0.2) is 36.3 Å². The zero-order valence-electron chi connectivity index (χ0n) is 13.3. The summed E-state index contributed by atoms with van der Waals surface area (Å²) in [4.78, 5) is 2.58. The van der Waals surface area contributed by atoms with E-state index in [0.717, 1.165) is 19.8 Å². The number of benzene rings is 1. The molecule has 0 aromatic heterocycles. The maximum absolute atomic E-state index is 9.66. The van der Waals surface area contributed by atoms with Crippen LogP contribution in [0.25, 0.3) is 0 Å². The fraction of sp³-hybridized carbons (Fsp3) is 0.667. The Morgan fingerprint density at radius 3 is 2.19 bits per heavy atom. The molecule has 0 unspecified atom stereocenters. The first-order chi connectivity index (χ1) is 10.1. The van der Waals surface area contributed by atoms with Gasteiger partial charge in [-0.1, -0.05) is 0 Å². The maximum atomic E-state index is 9.66. The largest absolute Gasteiger partial charge is 0.508 e. The second kappa shape index (κ2) is 5.98. The lowest BCUT2D eigenvalue weighted by atomic mass is 9.72. The Hall–Kier alpha value is -1.06. The predicted molar refractivity (Wildman–Crippen MR) is 84.6 cm³/mol. The van der Waals surface area contributed by atoms with Crippen molar-refractivity contribution in [3.8, 4) is 5.75 Å². The SMILES string of the molecule is Cc1cc(O)cc(C)c1CN1CCC2(CCOCC2)CC1. The van der Waals surface area contributed by atoms with Crippen LogP contribution in [0.4, 0.5) is 0 Å². The van der Waals surface area contributed by atoms with Crippen molar-refractivity contribution in [2.75, 3.05) is 26.3 Å². The van der Waals surface area contributed by atoms with E-state index in [4.69, 9.17) is 4.74 Å². The number of phenolic OH excluding ortho intramolecular Hbond substituents is 1. The van der Waals surface area contributed by atoms with Gasteiger partial charge in [0, 0.05) is 19.8 Å². The van der Waals surface area contributed by atoms with Gasteiger partial charge in [-0.15, -0.1) is 0 Å². The van der Waals surface area contributed by atoms with Crippen molar-refractivity contribution in [2.24, 2.45) is 5.41 Å². The molecule has 2 heterocycles. The summed E-state index contributed by atoms with van der Waals surface area (Å²) in [7, 11) is 0. The third-order valence-electron chi connectivity index (χ3n) is 5.53. The zero-order valence-corrected chi connectivity index (χ0v) is 13.3. The molecule has 0 saturated carbocycles. The molecule has 3 heteroatoms. The number of aryl methyl sites for hydroxylation is 2. The van der Waals surface area contributed by atoms with E-state index < -0.39 is 0 Å². The quantitative estimate of drug-likeness (QED) is 0.905. The molecule has 0 aliphatic carbocycles. The number of piperidine rings is 1. The smallest absolute Gasteiger partial charge is 0.116 e. The van der Waals surface area contributed by atoms with Crippen LogP contribution in [0.2, 0.25) is 0 Å². The molecule has 2 saturated heterocycles. The lowest BCUT2D eigenvalue weighted by Crippen LogP contribution is -2.42. The van der Waals surface area contributed by atoms with Gasteiger partial charge >= 0.3 is 0 Å². The second-order valence-electron chi connectivity index (χ2n) is 6.95. The highest BCUT2D eigenvalue weighted by atomic mass is 16.5. The number of nitrogens with zero attached hydrogens (tertiary/aromatic N) is 1. The van der Waals surface area contributed by atoms with Gasteiger partial charge in [-0.2, -0.15) is 0 Å². The maximum Gasteiger partial charge on any atom is 0.116 e. The van der Waals surface area contributed by atoms with E-state index in [1.807, 2.05) is 12.1 Å². The van der Waals surface area contributed by atoms with E-state index in [2.05, 4.69) is 18.7 Å². The lowest BCUT2D eigenvalue weighted by molar-refractivity contribution is -0.0218. The third kappa shape index (κ3) is 3.24. The number of hydrogen-bond donors (Lipinski definition) is 1. The zero-order chi connectivity index (χ0) is 14.9. The van der Waals surface area contributed by atoms with Crippen molar-refractivity contribution >= 4 is 0 Å². The van der Waals surface area contributed by atoms with Gasteiger partial charge in [-0.3, -0.25) is 4.90 Å². The molecule has 21 heavy (non-hydrogen) atoms. The van der Waals surface area contributed by atoms with Crippen molar-refractivity contribution in [2.45, 2.75) is 46.1 Å². The van der Waals surface area contributed by atoms with Crippen LogP contribution in [0.1, 0.15) is 42.4 Å². The molecular weight excluding hydrogens is 262 g/mol. The highest BCUT2D eigenvalue weighted by molar-refractivity contribution is 5.40. The number of likely N-dealkylation sites (tertiary alicyclic amines) is 1. The van der Waals surface area contributed by atoms with E-state index in [9.17, 15) is 5.11 Å². The molecule has 2 aliphatic heterocycles. The Bertz CT molecular complexity index is 473. The normalized spacial score (nSPS) is 22.6. The fourth-order valence-corrected chi connectivity index (χ4v) is 3.93. The second-order valence-corrected chi connectivity index (χ2v) is 6.95. The summed E-state index contributed by atoms with van der Waals surface area (Å²) in [5.41, 5.74) is 4.36. The van der Waals surface area contributed by atoms with Gasteiger partial charge in [0.25, 0.3) is 0 Å². The molecule has 0 amide bonds. The Morgan fingerprint density at radius 2 is 1.62 bits per heavy atom. The number of hydrogen-bond acceptors (Lipinski definition) is 3. The van der Waals surface area contributed by atoms with Crippen molar-refractivity contribution in [3.63, 3.8) is 0 Å². The molecule has 3 rings (SSSR count). The summed E-state index contributed by atoms with van der Waals surface area (Å²) >= 11 is 0. The van der Waals surface area contributed by atoms with Gasteiger partial charge in [0.2, 0.25) is 0 Å². The Morgan fingerprint density at radius 1 is 1.05 bits per heavy atom. The van der Waals surface area contributed by atoms with Crippen LogP contribution in [0.3, 0.4) is 0 Å². The van der Waals surface area contributed by atoms with E-state index in [-0.39, 0.29) is 0 Å². The molecule has 116 valence electrons. The monoisotopic (exact) mass is 289 g/mol. The molecule has 1 N–H and O–H groups in total. The summed E-state index contributed by atoms with van der Waals surface area (Å²) < 4.78 is 5.52. The van der Waals surface area contributed by atoms with Crippen LogP contribution in [-0.2, 0) is 11.3 Å². The van der Waals surface area contributed by atoms with E-state index >= 15 is 0 Å². The average Bonchev–Trinajstić information content (AvgIpc) is 2.46. The summed E-state index contributed by atoms with van der Waals surface area (Å²) in [6.07, 6.45) is 5.12. The molecule has 1 aromatic carbocycles. The minimum Gasteiger partial charge on any atom is -0.508 e. The van der Waals surface area contributed by atoms with Crippen LogP contribution in [0, 0.1) is 19.3 Å².